The lowest BCUT2D eigenvalue weighted by Gasteiger charge is -2.53. The first-order valence-corrected chi connectivity index (χ1v) is 5.81. The number of ether oxygens (including phenoxy) is 1. The van der Waals surface area contributed by atoms with Crippen molar-refractivity contribution in [3.63, 3.8) is 0 Å². The van der Waals surface area contributed by atoms with Crippen molar-refractivity contribution < 1.29 is 14.3 Å². The maximum absolute atomic E-state index is 11.4. The van der Waals surface area contributed by atoms with E-state index >= 15 is 0 Å². The second kappa shape index (κ2) is 3.34. The number of hydrogen-bond acceptors (Lipinski definition) is 3. The van der Waals surface area contributed by atoms with Crippen LogP contribution in [0.1, 0.15) is 25.7 Å². The summed E-state index contributed by atoms with van der Waals surface area (Å²) in [4.78, 5) is 22.4. The SMILES string of the molecule is COC(=O)C(=O)NC1=C2C3CC(C1)CC2C3. The van der Waals surface area contributed by atoms with Crippen LogP contribution < -0.4 is 5.32 Å². The normalized spacial score (nSPS) is 34.4. The Balaban J connectivity index is 1.77. The third-order valence-electron chi connectivity index (χ3n) is 4.16. The molecule has 5 aliphatic rings. The number of amides is 1. The molecule has 0 aromatic rings. The zero-order valence-corrected chi connectivity index (χ0v) is 9.29. The second-order valence-corrected chi connectivity index (χ2v) is 5.05. The van der Waals surface area contributed by atoms with Crippen LogP contribution >= 0.6 is 0 Å². The van der Waals surface area contributed by atoms with Gasteiger partial charge in [0.1, 0.15) is 0 Å². The molecular weight excluding hydrogens is 206 g/mol. The fourth-order valence-electron chi connectivity index (χ4n) is 3.59. The van der Waals surface area contributed by atoms with Crippen LogP contribution in [0.15, 0.2) is 11.3 Å². The fraction of sp³-hybridized carbons (Fsp3) is 0.667. The van der Waals surface area contributed by atoms with Crippen molar-refractivity contribution in [3.05, 3.63) is 11.3 Å². The molecule has 4 bridgehead atoms. The van der Waals surface area contributed by atoms with Crippen molar-refractivity contribution in [2.45, 2.75) is 25.7 Å². The molecule has 4 heteroatoms. The van der Waals surface area contributed by atoms with E-state index in [1.54, 1.807) is 0 Å². The molecule has 0 spiro atoms. The molecule has 4 nitrogen and oxygen atoms in total. The van der Waals surface area contributed by atoms with Gasteiger partial charge in [-0.15, -0.1) is 0 Å². The zero-order chi connectivity index (χ0) is 11.3. The Morgan fingerprint density at radius 2 is 1.94 bits per heavy atom. The summed E-state index contributed by atoms with van der Waals surface area (Å²) >= 11 is 0. The maximum Gasteiger partial charge on any atom is 0.396 e. The van der Waals surface area contributed by atoms with Crippen molar-refractivity contribution in [1.82, 2.24) is 5.32 Å². The number of rotatable bonds is 1. The van der Waals surface area contributed by atoms with E-state index in [4.69, 9.17) is 0 Å². The highest BCUT2D eigenvalue weighted by Crippen LogP contribution is 2.58. The minimum Gasteiger partial charge on any atom is -0.462 e. The van der Waals surface area contributed by atoms with E-state index in [1.807, 2.05) is 0 Å². The highest BCUT2D eigenvalue weighted by atomic mass is 16.5. The summed E-state index contributed by atoms with van der Waals surface area (Å²) in [6.07, 6.45) is 4.78. The van der Waals surface area contributed by atoms with Crippen LogP contribution in [0.3, 0.4) is 0 Å². The number of nitrogens with one attached hydrogen (secondary N) is 1. The highest BCUT2D eigenvalue weighted by Gasteiger charge is 2.48. The smallest absolute Gasteiger partial charge is 0.396 e. The molecule has 86 valence electrons. The number of hydrogen-bond donors (Lipinski definition) is 1. The summed E-state index contributed by atoms with van der Waals surface area (Å²) in [5.74, 6) is 0.658. The van der Waals surface area contributed by atoms with Crippen LogP contribution in [0.25, 0.3) is 0 Å². The van der Waals surface area contributed by atoms with Crippen LogP contribution in [0, 0.1) is 17.8 Å². The van der Waals surface area contributed by atoms with E-state index in [9.17, 15) is 9.59 Å². The first-order chi connectivity index (χ1) is 7.69. The Labute approximate surface area is 94.0 Å². The fourth-order valence-corrected chi connectivity index (χ4v) is 3.59. The molecule has 0 aromatic carbocycles. The molecule has 0 saturated heterocycles. The predicted octanol–water partition coefficient (Wildman–Crippen LogP) is 0.979. The summed E-state index contributed by atoms with van der Waals surface area (Å²) in [7, 11) is 1.23. The second-order valence-electron chi connectivity index (χ2n) is 5.05. The lowest BCUT2D eigenvalue weighted by Crippen LogP contribution is -2.46. The lowest BCUT2D eigenvalue weighted by molar-refractivity contribution is -0.152. The van der Waals surface area contributed by atoms with Gasteiger partial charge >= 0.3 is 11.9 Å². The summed E-state index contributed by atoms with van der Waals surface area (Å²) < 4.78 is 4.40. The molecule has 2 unspecified atom stereocenters. The molecule has 0 aliphatic heterocycles. The maximum atomic E-state index is 11.4. The van der Waals surface area contributed by atoms with Gasteiger partial charge < -0.3 is 10.1 Å². The molecule has 0 aromatic heterocycles. The molecule has 0 radical (unpaired) electrons. The summed E-state index contributed by atoms with van der Waals surface area (Å²) in [6, 6.07) is 0. The molecule has 1 amide bonds. The standard InChI is InChI=1S/C12H15NO3/c1-16-12(15)11(14)13-9-4-6-2-7-5-8(3-6)10(7)9/h6-8H,2-5H2,1H3,(H,13,14). The number of carbonyl (C=O) groups excluding carboxylic acids is 2. The minimum absolute atomic E-state index is 0.628. The first kappa shape index (κ1) is 9.87. The van der Waals surface area contributed by atoms with E-state index in [0.717, 1.165) is 12.1 Å². The molecule has 5 aliphatic carbocycles. The van der Waals surface area contributed by atoms with Gasteiger partial charge in [0, 0.05) is 5.70 Å². The van der Waals surface area contributed by atoms with Gasteiger partial charge in [0.05, 0.1) is 7.11 Å². The van der Waals surface area contributed by atoms with Gasteiger partial charge in [0.25, 0.3) is 0 Å². The molecule has 5 rings (SSSR count). The first-order valence-electron chi connectivity index (χ1n) is 5.81. The number of esters is 1. The molecular formula is C12H15NO3. The van der Waals surface area contributed by atoms with E-state index in [1.165, 1.54) is 31.9 Å². The van der Waals surface area contributed by atoms with E-state index < -0.39 is 11.9 Å². The third-order valence-corrected chi connectivity index (χ3v) is 4.16. The monoisotopic (exact) mass is 221 g/mol. The Morgan fingerprint density at radius 3 is 2.50 bits per heavy atom. The van der Waals surface area contributed by atoms with Crippen molar-refractivity contribution >= 4 is 11.9 Å². The number of allylic oxidation sites excluding steroid dienone is 2. The van der Waals surface area contributed by atoms with Crippen molar-refractivity contribution in [2.24, 2.45) is 17.8 Å². The van der Waals surface area contributed by atoms with Gasteiger partial charge in [0.15, 0.2) is 0 Å². The topological polar surface area (TPSA) is 55.4 Å². The average Bonchev–Trinajstić information content (AvgIpc) is 2.27. The van der Waals surface area contributed by atoms with Gasteiger partial charge in [0.2, 0.25) is 0 Å². The Kier molecular flexibility index (Phi) is 2.06. The van der Waals surface area contributed by atoms with Crippen LogP contribution in [0.2, 0.25) is 0 Å². The van der Waals surface area contributed by atoms with Gasteiger partial charge in [-0.1, -0.05) is 0 Å². The van der Waals surface area contributed by atoms with Crippen molar-refractivity contribution in [2.75, 3.05) is 7.11 Å². The largest absolute Gasteiger partial charge is 0.462 e. The number of fused-ring (bicyclic) bond motifs is 1. The molecule has 2 atom stereocenters. The summed E-state index contributed by atoms with van der Waals surface area (Å²) in [6.45, 7) is 0. The Bertz CT molecular complexity index is 385. The summed E-state index contributed by atoms with van der Waals surface area (Å²) in [5, 5.41) is 2.73. The molecule has 3 saturated carbocycles. The van der Waals surface area contributed by atoms with Crippen LogP contribution in [0.4, 0.5) is 0 Å². The van der Waals surface area contributed by atoms with Crippen LogP contribution in [-0.2, 0) is 14.3 Å². The predicted molar refractivity (Wildman–Crippen MR) is 56.1 cm³/mol. The minimum atomic E-state index is -0.803. The number of carbonyl (C=O) groups is 2. The van der Waals surface area contributed by atoms with E-state index in [0.29, 0.717) is 17.8 Å². The van der Waals surface area contributed by atoms with Crippen LogP contribution in [0.5, 0.6) is 0 Å². The van der Waals surface area contributed by atoms with Crippen molar-refractivity contribution in [1.29, 1.82) is 0 Å². The van der Waals surface area contributed by atoms with Crippen molar-refractivity contribution in [3.8, 4) is 0 Å². The molecule has 0 heterocycles. The quantitative estimate of drug-likeness (QED) is 0.530. The molecule has 1 N–H and O–H groups in total. The van der Waals surface area contributed by atoms with E-state index in [2.05, 4.69) is 10.1 Å². The Morgan fingerprint density at radius 1 is 1.25 bits per heavy atom. The van der Waals surface area contributed by atoms with Gasteiger partial charge in [-0.25, -0.2) is 4.79 Å². The third kappa shape index (κ3) is 1.29. The lowest BCUT2D eigenvalue weighted by atomic mass is 9.53. The van der Waals surface area contributed by atoms with Gasteiger partial charge in [-0.3, -0.25) is 4.79 Å². The Hall–Kier alpha value is -1.32. The van der Waals surface area contributed by atoms with Gasteiger partial charge in [-0.2, -0.15) is 0 Å². The summed E-state index contributed by atoms with van der Waals surface area (Å²) in [5.41, 5.74) is 2.43. The van der Waals surface area contributed by atoms with E-state index in [-0.39, 0.29) is 0 Å². The average molecular weight is 221 g/mol. The molecule has 3 fully saturated rings. The van der Waals surface area contributed by atoms with Crippen LogP contribution in [-0.4, -0.2) is 19.0 Å². The molecule has 16 heavy (non-hydrogen) atoms. The highest BCUT2D eigenvalue weighted by molar-refractivity contribution is 6.32. The van der Waals surface area contributed by atoms with Gasteiger partial charge in [-0.05, 0) is 49.0 Å². The zero-order valence-electron chi connectivity index (χ0n) is 9.29. The number of methoxy groups -OCH3 is 1.